The Morgan fingerprint density at radius 1 is 1.04 bits per heavy atom. The minimum Gasteiger partial charge on any atom is -0.371 e. The first-order valence-corrected chi connectivity index (χ1v) is 10.9. The van der Waals surface area contributed by atoms with E-state index in [1.807, 2.05) is 6.07 Å². The number of piperidine rings is 1. The fourth-order valence-corrected chi connectivity index (χ4v) is 4.64. The van der Waals surface area contributed by atoms with E-state index in [4.69, 9.17) is 0 Å². The Hall–Kier alpha value is -2.29. The van der Waals surface area contributed by atoms with Crippen LogP contribution >= 0.6 is 0 Å². The molecule has 1 saturated heterocycles. The summed E-state index contributed by atoms with van der Waals surface area (Å²) >= 11 is 0. The highest BCUT2D eigenvalue weighted by molar-refractivity contribution is 5.94. The molecule has 4 rings (SSSR count). The molecule has 2 aromatic carbocycles. The summed E-state index contributed by atoms with van der Waals surface area (Å²) in [4.78, 5) is 15.2. The summed E-state index contributed by atoms with van der Waals surface area (Å²) in [7, 11) is 0. The molecule has 0 bridgehead atoms. The van der Waals surface area contributed by atoms with Gasteiger partial charge in [0.1, 0.15) is 0 Å². The Balaban J connectivity index is 1.40. The van der Waals surface area contributed by atoms with Crippen molar-refractivity contribution in [2.24, 2.45) is 5.92 Å². The van der Waals surface area contributed by atoms with Crippen molar-refractivity contribution in [3.8, 4) is 0 Å². The molecule has 0 radical (unpaired) electrons. The predicted octanol–water partition coefficient (Wildman–Crippen LogP) is 5.29. The number of nitrogens with one attached hydrogen (secondary N) is 1. The zero-order chi connectivity index (χ0) is 19.5. The second-order valence-electron chi connectivity index (χ2n) is 8.67. The first-order valence-electron chi connectivity index (χ1n) is 10.9. The van der Waals surface area contributed by atoms with Crippen LogP contribution in [-0.2, 0) is 12.8 Å². The number of carbonyl (C=O) groups is 1. The van der Waals surface area contributed by atoms with E-state index in [-0.39, 0.29) is 11.9 Å². The molecule has 148 valence electrons. The van der Waals surface area contributed by atoms with E-state index in [9.17, 15) is 4.79 Å². The third-order valence-corrected chi connectivity index (χ3v) is 6.37. The fraction of sp³-hybridized carbons (Fsp3) is 0.480. The number of fused-ring (bicyclic) bond motifs is 1. The van der Waals surface area contributed by atoms with E-state index in [1.54, 1.807) is 0 Å². The summed E-state index contributed by atoms with van der Waals surface area (Å²) in [5, 5.41) is 3.17. The van der Waals surface area contributed by atoms with E-state index in [1.165, 1.54) is 42.5 Å². The van der Waals surface area contributed by atoms with Gasteiger partial charge in [0.2, 0.25) is 0 Å². The maximum atomic E-state index is 12.7. The summed E-state index contributed by atoms with van der Waals surface area (Å²) in [6.45, 7) is 6.69. The van der Waals surface area contributed by atoms with Crippen molar-refractivity contribution in [2.45, 2.75) is 58.4 Å². The second kappa shape index (κ2) is 8.38. The molecule has 1 aliphatic heterocycles. The van der Waals surface area contributed by atoms with Crippen LogP contribution in [0.25, 0.3) is 0 Å². The summed E-state index contributed by atoms with van der Waals surface area (Å²) in [6, 6.07) is 14.9. The van der Waals surface area contributed by atoms with Crippen molar-refractivity contribution in [1.82, 2.24) is 5.32 Å². The Kier molecular flexibility index (Phi) is 5.70. The molecule has 1 amide bonds. The molecule has 1 fully saturated rings. The second-order valence-corrected chi connectivity index (χ2v) is 8.67. The van der Waals surface area contributed by atoms with Crippen LogP contribution in [0.4, 0.5) is 5.69 Å². The minimum absolute atomic E-state index is 0.00198. The summed E-state index contributed by atoms with van der Waals surface area (Å²) in [5.41, 5.74) is 6.00. The molecule has 0 unspecified atom stereocenters. The molecule has 3 nitrogen and oxygen atoms in total. The molecule has 28 heavy (non-hydrogen) atoms. The maximum Gasteiger partial charge on any atom is 0.251 e. The normalized spacial score (nSPS) is 20.4. The highest BCUT2D eigenvalue weighted by Gasteiger charge is 2.18. The van der Waals surface area contributed by atoms with Crippen molar-refractivity contribution < 1.29 is 4.79 Å². The molecule has 2 aliphatic rings. The van der Waals surface area contributed by atoms with Crippen molar-refractivity contribution in [3.63, 3.8) is 0 Å². The Morgan fingerprint density at radius 2 is 1.79 bits per heavy atom. The lowest BCUT2D eigenvalue weighted by atomic mass is 9.90. The van der Waals surface area contributed by atoms with Crippen LogP contribution in [0.2, 0.25) is 0 Å². The summed E-state index contributed by atoms with van der Waals surface area (Å²) in [6.07, 6.45) is 7.35. The average Bonchev–Trinajstić information content (AvgIpc) is 2.73. The van der Waals surface area contributed by atoms with Crippen molar-refractivity contribution in [1.29, 1.82) is 0 Å². The van der Waals surface area contributed by atoms with E-state index in [0.29, 0.717) is 0 Å². The zero-order valence-electron chi connectivity index (χ0n) is 17.2. The van der Waals surface area contributed by atoms with Crippen molar-refractivity contribution in [2.75, 3.05) is 18.0 Å². The molecular weight excluding hydrogens is 344 g/mol. The van der Waals surface area contributed by atoms with Crippen LogP contribution in [0.3, 0.4) is 0 Å². The van der Waals surface area contributed by atoms with Gasteiger partial charge in [-0.25, -0.2) is 0 Å². The van der Waals surface area contributed by atoms with Gasteiger partial charge in [-0.1, -0.05) is 25.1 Å². The largest absolute Gasteiger partial charge is 0.371 e. The van der Waals surface area contributed by atoms with Gasteiger partial charge in [0, 0.05) is 24.3 Å². The lowest BCUT2D eigenvalue weighted by Gasteiger charge is -2.33. The SMILES string of the molecule is C[C@@H]1CCCN(c2ccc([C@H](C)NC(=O)c3ccc4c(c3)CCCC4)cc2)C1. The minimum atomic E-state index is -0.00198. The van der Waals surface area contributed by atoms with Crippen molar-refractivity contribution >= 4 is 11.6 Å². The molecule has 2 aromatic rings. The molecular formula is C25H32N2O. The third kappa shape index (κ3) is 4.24. The van der Waals surface area contributed by atoms with Gasteiger partial charge in [-0.15, -0.1) is 0 Å². The number of aryl methyl sites for hydroxylation is 2. The third-order valence-electron chi connectivity index (χ3n) is 6.37. The van der Waals surface area contributed by atoms with Gasteiger partial charge in [-0.2, -0.15) is 0 Å². The molecule has 3 heteroatoms. The van der Waals surface area contributed by atoms with Gasteiger partial charge in [0.15, 0.2) is 0 Å². The molecule has 0 saturated carbocycles. The average molecular weight is 377 g/mol. The summed E-state index contributed by atoms with van der Waals surface area (Å²) in [5.74, 6) is 0.790. The number of hydrogen-bond acceptors (Lipinski definition) is 2. The van der Waals surface area contributed by atoms with E-state index < -0.39 is 0 Å². The highest BCUT2D eigenvalue weighted by atomic mass is 16.1. The number of carbonyl (C=O) groups excluding carboxylic acids is 1. The first-order chi connectivity index (χ1) is 13.6. The lowest BCUT2D eigenvalue weighted by molar-refractivity contribution is 0.0939. The lowest BCUT2D eigenvalue weighted by Crippen LogP contribution is -2.34. The standard InChI is InChI=1S/C25H32N2O/c1-18-6-5-15-27(17-18)24-13-11-20(12-14-24)19(2)26-25(28)23-10-9-21-7-3-4-8-22(21)16-23/h9-14,16,18-19H,3-8,15,17H2,1-2H3,(H,26,28)/t18-,19+/m1/s1. The van der Waals surface area contributed by atoms with E-state index in [0.717, 1.165) is 43.0 Å². The first kappa shape index (κ1) is 19.0. The molecule has 0 spiro atoms. The van der Waals surface area contributed by atoms with Gasteiger partial charge in [-0.05, 0) is 92.3 Å². The maximum absolute atomic E-state index is 12.7. The van der Waals surface area contributed by atoms with Crippen molar-refractivity contribution in [3.05, 3.63) is 64.7 Å². The van der Waals surface area contributed by atoms with Crippen LogP contribution in [0, 0.1) is 5.92 Å². The molecule has 1 N–H and O–H groups in total. The quantitative estimate of drug-likeness (QED) is 0.786. The van der Waals surface area contributed by atoms with Gasteiger partial charge in [-0.3, -0.25) is 4.79 Å². The van der Waals surface area contributed by atoms with Crippen LogP contribution in [-0.4, -0.2) is 19.0 Å². The molecule has 2 atom stereocenters. The van der Waals surface area contributed by atoms with Crippen LogP contribution < -0.4 is 10.2 Å². The molecule has 1 aliphatic carbocycles. The topological polar surface area (TPSA) is 32.3 Å². The Labute approximate surface area is 169 Å². The number of hydrogen-bond donors (Lipinski definition) is 1. The van der Waals surface area contributed by atoms with E-state index in [2.05, 4.69) is 60.5 Å². The Bertz CT molecular complexity index is 827. The highest BCUT2D eigenvalue weighted by Crippen LogP contribution is 2.25. The van der Waals surface area contributed by atoms with Gasteiger partial charge >= 0.3 is 0 Å². The van der Waals surface area contributed by atoms with Crippen LogP contribution in [0.1, 0.15) is 72.6 Å². The number of nitrogens with zero attached hydrogens (tertiary/aromatic N) is 1. The van der Waals surface area contributed by atoms with Gasteiger partial charge in [0.25, 0.3) is 5.91 Å². The predicted molar refractivity (Wildman–Crippen MR) is 116 cm³/mol. The number of anilines is 1. The van der Waals surface area contributed by atoms with Crippen LogP contribution in [0.15, 0.2) is 42.5 Å². The zero-order valence-corrected chi connectivity index (χ0v) is 17.2. The smallest absolute Gasteiger partial charge is 0.251 e. The number of rotatable bonds is 4. The van der Waals surface area contributed by atoms with Crippen LogP contribution in [0.5, 0.6) is 0 Å². The number of amides is 1. The molecule has 0 aromatic heterocycles. The van der Waals surface area contributed by atoms with Gasteiger partial charge in [0.05, 0.1) is 6.04 Å². The monoisotopic (exact) mass is 376 g/mol. The summed E-state index contributed by atoms with van der Waals surface area (Å²) < 4.78 is 0. The molecule has 1 heterocycles. The van der Waals surface area contributed by atoms with E-state index >= 15 is 0 Å². The number of benzene rings is 2. The fourth-order valence-electron chi connectivity index (χ4n) is 4.64. The Morgan fingerprint density at radius 3 is 2.54 bits per heavy atom. The van der Waals surface area contributed by atoms with Gasteiger partial charge < -0.3 is 10.2 Å².